The van der Waals surface area contributed by atoms with Gasteiger partial charge in [0.15, 0.2) is 17.3 Å². The summed E-state index contributed by atoms with van der Waals surface area (Å²) in [6.07, 6.45) is 4.47. The smallest absolute Gasteiger partial charge is 0.332 e. The number of methoxy groups -OCH3 is 1. The van der Waals surface area contributed by atoms with Crippen molar-refractivity contribution < 1.29 is 18.8 Å². The van der Waals surface area contributed by atoms with E-state index in [9.17, 15) is 14.4 Å². The van der Waals surface area contributed by atoms with Gasteiger partial charge in [-0.1, -0.05) is 54.5 Å². The first kappa shape index (κ1) is 38.1. The number of thiophene rings is 1. The lowest BCUT2D eigenvalue weighted by Gasteiger charge is -2.39. The van der Waals surface area contributed by atoms with Gasteiger partial charge in [0.25, 0.3) is 11.5 Å². The second-order valence-corrected chi connectivity index (χ2v) is 17.2. The highest BCUT2D eigenvalue weighted by atomic mass is 32.2. The zero-order chi connectivity index (χ0) is 39.9. The summed E-state index contributed by atoms with van der Waals surface area (Å²) >= 11 is 3.28. The fourth-order valence-electron chi connectivity index (χ4n) is 8.61. The predicted octanol–water partition coefficient (Wildman–Crippen LogP) is 7.53. The molecule has 0 bridgehead atoms. The van der Waals surface area contributed by atoms with Crippen LogP contribution in [0.2, 0.25) is 0 Å². The van der Waals surface area contributed by atoms with Crippen LogP contribution in [0.4, 0.5) is 0 Å². The third kappa shape index (κ3) is 6.95. The number of rotatable bonds is 10. The van der Waals surface area contributed by atoms with Crippen molar-refractivity contribution in [2.24, 2.45) is 4.99 Å². The van der Waals surface area contributed by atoms with E-state index in [-0.39, 0.29) is 41.3 Å². The second-order valence-electron chi connectivity index (χ2n) is 14.9. The predicted molar refractivity (Wildman–Crippen MR) is 227 cm³/mol. The molecule has 12 nitrogen and oxygen atoms in total. The highest BCUT2D eigenvalue weighted by Crippen LogP contribution is 2.52. The molecular weight excluding hydrogens is 773 g/mol. The molecule has 1 unspecified atom stereocenters. The number of nitrogens with zero attached hydrogens (tertiary/aromatic N) is 6. The molecule has 14 heteroatoms. The normalized spacial score (nSPS) is 19.2. The molecule has 0 spiro atoms. The van der Waals surface area contributed by atoms with Crippen molar-refractivity contribution in [2.45, 2.75) is 69.3 Å². The molecule has 6 heterocycles. The summed E-state index contributed by atoms with van der Waals surface area (Å²) in [7, 11) is 1.65. The highest BCUT2D eigenvalue weighted by molar-refractivity contribution is 7.99. The van der Waals surface area contributed by atoms with Gasteiger partial charge in [-0.25, -0.2) is 4.79 Å². The molecule has 9 rings (SSSR count). The summed E-state index contributed by atoms with van der Waals surface area (Å²) in [6.45, 7) is 5.30. The number of fused-ring (bicyclic) bond motifs is 4. The van der Waals surface area contributed by atoms with Crippen molar-refractivity contribution in [3.63, 3.8) is 0 Å². The number of likely N-dealkylation sites (tertiary alicyclic amines) is 1. The zero-order valence-corrected chi connectivity index (χ0v) is 34.3. The summed E-state index contributed by atoms with van der Waals surface area (Å²) in [5, 5.41) is 4.12. The van der Waals surface area contributed by atoms with E-state index in [1.807, 2.05) is 97.4 Å². The summed E-state index contributed by atoms with van der Waals surface area (Å²) in [4.78, 5) is 55.0. The van der Waals surface area contributed by atoms with Gasteiger partial charge < -0.3 is 18.9 Å². The largest absolute Gasteiger partial charge is 0.493 e. The van der Waals surface area contributed by atoms with Crippen LogP contribution in [0, 0.1) is 0 Å². The molecule has 0 N–H and O–H groups in total. The minimum Gasteiger partial charge on any atom is -0.493 e. The number of ether oxygens (including phenoxy) is 2. The Morgan fingerprint density at radius 1 is 0.966 bits per heavy atom. The van der Waals surface area contributed by atoms with Crippen LogP contribution in [0.25, 0.3) is 20.7 Å². The van der Waals surface area contributed by atoms with Crippen LogP contribution in [0.3, 0.4) is 0 Å². The van der Waals surface area contributed by atoms with Crippen LogP contribution in [-0.2, 0) is 13.0 Å². The fourth-order valence-corrected chi connectivity index (χ4v) is 11.2. The van der Waals surface area contributed by atoms with Gasteiger partial charge in [0, 0.05) is 53.4 Å². The lowest BCUT2D eigenvalue weighted by molar-refractivity contribution is 0.0691. The monoisotopic (exact) mass is 816 g/mol. The number of carbonyl (C=O) groups excluding carboxylic acids is 1. The minimum absolute atomic E-state index is 0.0436. The Bertz CT molecular complexity index is 2640. The van der Waals surface area contributed by atoms with E-state index >= 15 is 0 Å². The molecule has 6 aromatic rings. The van der Waals surface area contributed by atoms with Crippen LogP contribution >= 0.6 is 23.1 Å². The molecule has 2 fully saturated rings. The highest BCUT2D eigenvalue weighted by Gasteiger charge is 2.40. The minimum atomic E-state index is -0.424. The first-order valence-electron chi connectivity index (χ1n) is 19.9. The Kier molecular flexibility index (Phi) is 10.5. The lowest BCUT2D eigenvalue weighted by atomic mass is 9.79. The Balaban J connectivity index is 0.977. The van der Waals surface area contributed by atoms with Gasteiger partial charge in [0.2, 0.25) is 5.89 Å². The van der Waals surface area contributed by atoms with Gasteiger partial charge in [0.05, 0.1) is 25.3 Å². The number of benzene rings is 3. The van der Waals surface area contributed by atoms with Crippen molar-refractivity contribution in [3.05, 3.63) is 128 Å². The van der Waals surface area contributed by atoms with Crippen LogP contribution in [0.1, 0.15) is 89.1 Å². The molecule has 3 atom stereocenters. The van der Waals surface area contributed by atoms with E-state index in [1.165, 1.54) is 21.5 Å². The summed E-state index contributed by atoms with van der Waals surface area (Å²) in [5.41, 5.74) is 4.71. The van der Waals surface area contributed by atoms with E-state index in [0.717, 1.165) is 39.5 Å². The quantitative estimate of drug-likeness (QED) is 0.138. The van der Waals surface area contributed by atoms with Gasteiger partial charge in [0.1, 0.15) is 11.2 Å². The summed E-state index contributed by atoms with van der Waals surface area (Å²) in [6, 6.07) is 23.6. The molecule has 2 saturated heterocycles. The number of aromatic nitrogens is 4. The number of aryl methyl sites for hydroxylation is 1. The maximum atomic E-state index is 14.4. The molecule has 298 valence electrons. The third-order valence-corrected chi connectivity index (χ3v) is 14.1. The van der Waals surface area contributed by atoms with Crippen molar-refractivity contribution >= 4 is 45.4 Å². The van der Waals surface area contributed by atoms with E-state index < -0.39 is 5.69 Å². The topological polar surface area (TPSA) is 134 Å². The summed E-state index contributed by atoms with van der Waals surface area (Å²) in [5.74, 6) is 3.30. The number of hydrogen-bond donors (Lipinski definition) is 0. The maximum Gasteiger partial charge on any atom is 0.332 e. The van der Waals surface area contributed by atoms with Gasteiger partial charge >= 0.3 is 5.69 Å². The molecular formula is C44H44N6O6S2. The number of carbonyl (C=O) groups is 1. The van der Waals surface area contributed by atoms with Crippen molar-refractivity contribution in [2.75, 3.05) is 32.6 Å². The molecule has 3 aliphatic rings. The van der Waals surface area contributed by atoms with Crippen molar-refractivity contribution in [3.8, 4) is 21.9 Å². The van der Waals surface area contributed by atoms with E-state index in [0.29, 0.717) is 72.2 Å². The second kappa shape index (κ2) is 16.1. The Morgan fingerprint density at radius 2 is 1.79 bits per heavy atom. The third-order valence-electron chi connectivity index (χ3n) is 11.5. The zero-order valence-electron chi connectivity index (χ0n) is 32.6. The van der Waals surface area contributed by atoms with Crippen LogP contribution in [0.15, 0.2) is 91.9 Å². The van der Waals surface area contributed by atoms with Crippen molar-refractivity contribution in [1.29, 1.82) is 0 Å². The van der Waals surface area contributed by atoms with Gasteiger partial charge in [-0.15, -0.1) is 11.3 Å². The Labute approximate surface area is 343 Å². The van der Waals surface area contributed by atoms with E-state index in [2.05, 4.69) is 22.3 Å². The molecule has 1 amide bonds. The fraction of sp³-hybridized carbons (Fsp3) is 0.364. The van der Waals surface area contributed by atoms with Gasteiger partial charge in [-0.05, 0) is 84.5 Å². The Morgan fingerprint density at radius 3 is 2.55 bits per heavy atom. The molecule has 3 aromatic carbocycles. The number of thioether (sulfide) groups is 1. The summed E-state index contributed by atoms with van der Waals surface area (Å²) < 4.78 is 20.6. The number of aliphatic imine (C=N–C) groups is 1. The molecule has 0 saturated carbocycles. The van der Waals surface area contributed by atoms with Crippen LogP contribution < -0.4 is 20.7 Å². The van der Waals surface area contributed by atoms with Crippen LogP contribution in [-0.4, -0.2) is 74.9 Å². The molecule has 3 aliphatic heterocycles. The lowest BCUT2D eigenvalue weighted by Crippen LogP contribution is -2.46. The maximum absolute atomic E-state index is 14.4. The first-order valence-corrected chi connectivity index (χ1v) is 21.8. The molecule has 0 aliphatic carbocycles. The molecule has 0 radical (unpaired) electrons. The van der Waals surface area contributed by atoms with E-state index in [1.54, 1.807) is 11.7 Å². The van der Waals surface area contributed by atoms with Gasteiger partial charge in [-0.3, -0.25) is 23.7 Å². The Hall–Kier alpha value is -5.47. The first-order chi connectivity index (χ1) is 28.3. The number of piperidine rings is 1. The van der Waals surface area contributed by atoms with Crippen LogP contribution in [0.5, 0.6) is 11.5 Å². The standard InChI is InChI=1S/C44H44N6O6S2/c1-4-37-46-38(56-47-37)25-49-33-23-36(26-10-7-6-8-11-26)58-41(33)43(52)50(44(49)53)30-14-17-48(18-15-30)42(51)28-13-9-12-27(20-28)40-39-31-22-35(55-5-2)34(54-3)21-29(31)24-45-32(39)16-19-57-40/h6-13,20-24,30,32,39-40H,4-5,14-19,25H2,1-3H3/t32-,39-,40?/m1/s1. The molecule has 58 heavy (non-hydrogen) atoms. The number of amides is 1. The average Bonchev–Trinajstić information content (AvgIpc) is 3.93. The van der Waals surface area contributed by atoms with E-state index in [4.69, 9.17) is 19.0 Å². The molecule has 3 aromatic heterocycles. The number of hydrogen-bond acceptors (Lipinski definition) is 11. The SMILES string of the molecule is CCOc1cc2c(cc1OC)C=N[C@@H]1CCSC(c3cccc(C(=O)N4CCC(n5c(=O)c6sc(-c7ccccc7)cc6n(Cc6nc(CC)no6)c5=O)CC4)c3)[C@H]21. The van der Waals surface area contributed by atoms with Gasteiger partial charge in [-0.2, -0.15) is 16.7 Å². The van der Waals surface area contributed by atoms with Crippen molar-refractivity contribution in [1.82, 2.24) is 24.2 Å². The average molecular weight is 817 g/mol.